The van der Waals surface area contributed by atoms with E-state index in [1.807, 2.05) is 0 Å². The summed E-state index contributed by atoms with van der Waals surface area (Å²) in [6.07, 6.45) is 4.71. The van der Waals surface area contributed by atoms with Crippen LogP contribution < -0.4 is 10.8 Å². The first-order valence-corrected chi connectivity index (χ1v) is 6.65. The summed E-state index contributed by atoms with van der Waals surface area (Å²) in [5.74, 6) is -2.99. The highest BCUT2D eigenvalue weighted by Crippen LogP contribution is 2.19. The van der Waals surface area contributed by atoms with E-state index in [1.54, 1.807) is 0 Å². The second-order valence-corrected chi connectivity index (χ2v) is 5.04. The lowest BCUT2D eigenvalue weighted by atomic mass is 9.79. The number of rotatable bonds is 3. The Balaban J connectivity index is 2.17. The molecule has 7 heteroatoms. The predicted octanol–water partition coefficient (Wildman–Crippen LogP) is 0.707. The van der Waals surface area contributed by atoms with Crippen LogP contribution in [0, 0.1) is 11.6 Å². The van der Waals surface area contributed by atoms with E-state index in [-0.39, 0.29) is 11.5 Å². The van der Waals surface area contributed by atoms with E-state index in [9.17, 15) is 13.6 Å². The molecule has 1 amide bonds. The quantitative estimate of drug-likeness (QED) is 0.715. The Bertz CT molecular complexity index is 481. The summed E-state index contributed by atoms with van der Waals surface area (Å²) in [5.41, 5.74) is -1.01. The zero-order valence-electron chi connectivity index (χ0n) is 10.9. The van der Waals surface area contributed by atoms with Gasteiger partial charge in [0.1, 0.15) is 17.2 Å². The molecule has 1 aromatic carbocycles. The van der Waals surface area contributed by atoms with E-state index in [2.05, 4.69) is 5.32 Å². The van der Waals surface area contributed by atoms with Crippen LogP contribution in [0.4, 0.5) is 8.78 Å². The van der Waals surface area contributed by atoms with Crippen molar-refractivity contribution in [1.29, 1.82) is 0 Å². The van der Waals surface area contributed by atoms with Gasteiger partial charge in [0.15, 0.2) is 0 Å². The summed E-state index contributed by atoms with van der Waals surface area (Å²) in [7, 11) is -1.98. The van der Waals surface area contributed by atoms with Crippen LogP contribution in [0.2, 0.25) is 0 Å². The van der Waals surface area contributed by atoms with Gasteiger partial charge in [0.25, 0.3) is 5.91 Å². The minimum absolute atomic E-state index is 0.0573. The number of amides is 1. The molecule has 0 aliphatic heterocycles. The molecule has 2 rings (SSSR count). The summed E-state index contributed by atoms with van der Waals surface area (Å²) in [6, 6.07) is 1.45. The Hall–Kier alpha value is -1.47. The molecule has 4 nitrogen and oxygen atoms in total. The lowest BCUT2D eigenvalue weighted by molar-refractivity contribution is 0.0919. The third-order valence-corrected chi connectivity index (χ3v) is 3.53. The maximum absolute atomic E-state index is 13.8. The first-order valence-electron chi connectivity index (χ1n) is 6.65. The van der Waals surface area contributed by atoms with Crippen molar-refractivity contribution >= 4 is 18.5 Å². The molecule has 0 saturated heterocycles. The van der Waals surface area contributed by atoms with Crippen molar-refractivity contribution < 1.29 is 23.6 Å². The molecule has 1 aliphatic carbocycles. The second kappa shape index (κ2) is 6.32. The van der Waals surface area contributed by atoms with Crippen LogP contribution in [0.5, 0.6) is 0 Å². The van der Waals surface area contributed by atoms with Crippen molar-refractivity contribution in [2.45, 2.75) is 38.1 Å². The number of nitrogens with one attached hydrogen (secondary N) is 1. The van der Waals surface area contributed by atoms with Crippen LogP contribution in [0.25, 0.3) is 0 Å². The Labute approximate surface area is 116 Å². The fourth-order valence-corrected chi connectivity index (χ4v) is 2.46. The molecule has 1 aromatic rings. The highest BCUT2D eigenvalue weighted by molar-refractivity contribution is 6.58. The normalized spacial score (nSPS) is 16.0. The van der Waals surface area contributed by atoms with Crippen molar-refractivity contribution in [3.8, 4) is 0 Å². The third-order valence-electron chi connectivity index (χ3n) is 3.53. The minimum Gasteiger partial charge on any atom is -0.423 e. The van der Waals surface area contributed by atoms with Gasteiger partial charge in [0.2, 0.25) is 0 Å². The number of carbonyl (C=O) groups excluding carboxylic acids is 1. The number of benzene rings is 1. The summed E-state index contributed by atoms with van der Waals surface area (Å²) in [6.45, 7) is 0. The Morgan fingerprint density at radius 2 is 1.70 bits per heavy atom. The molecule has 1 aliphatic rings. The molecule has 20 heavy (non-hydrogen) atoms. The number of halogens is 2. The number of hydrogen-bond acceptors (Lipinski definition) is 3. The minimum atomic E-state index is -1.98. The monoisotopic (exact) mass is 283 g/mol. The molecule has 0 aromatic heterocycles. The molecule has 108 valence electrons. The van der Waals surface area contributed by atoms with E-state index >= 15 is 0 Å². The number of hydrogen-bond donors (Lipinski definition) is 3. The molecule has 0 spiro atoms. The van der Waals surface area contributed by atoms with Gasteiger partial charge in [0.05, 0.1) is 0 Å². The zero-order valence-corrected chi connectivity index (χ0v) is 10.9. The maximum atomic E-state index is 13.8. The van der Waals surface area contributed by atoms with Gasteiger partial charge in [-0.15, -0.1) is 0 Å². The number of carbonyl (C=O) groups is 1. The maximum Gasteiger partial charge on any atom is 0.488 e. The highest BCUT2D eigenvalue weighted by atomic mass is 19.1. The largest absolute Gasteiger partial charge is 0.488 e. The molecule has 0 heterocycles. The highest BCUT2D eigenvalue weighted by Gasteiger charge is 2.24. The summed E-state index contributed by atoms with van der Waals surface area (Å²) in [5, 5.41) is 20.4. The van der Waals surface area contributed by atoms with E-state index in [0.717, 1.165) is 44.2 Å². The van der Waals surface area contributed by atoms with Crippen molar-refractivity contribution in [3.05, 3.63) is 29.3 Å². The molecule has 1 fully saturated rings. The molecule has 3 N–H and O–H groups in total. The van der Waals surface area contributed by atoms with Crippen LogP contribution in [-0.2, 0) is 0 Å². The van der Waals surface area contributed by atoms with Gasteiger partial charge >= 0.3 is 7.12 Å². The smallest absolute Gasteiger partial charge is 0.423 e. The zero-order chi connectivity index (χ0) is 14.7. The van der Waals surface area contributed by atoms with Gasteiger partial charge in [-0.25, -0.2) is 8.78 Å². The van der Waals surface area contributed by atoms with E-state index < -0.39 is 30.2 Å². The van der Waals surface area contributed by atoms with Crippen molar-refractivity contribution in [2.24, 2.45) is 0 Å². The van der Waals surface area contributed by atoms with Gasteiger partial charge in [-0.1, -0.05) is 19.3 Å². The Morgan fingerprint density at radius 3 is 2.20 bits per heavy atom. The second-order valence-electron chi connectivity index (χ2n) is 5.04. The van der Waals surface area contributed by atoms with Gasteiger partial charge in [-0.2, -0.15) is 0 Å². The first-order chi connectivity index (χ1) is 9.49. The lowest BCUT2D eigenvalue weighted by Gasteiger charge is -2.23. The lowest BCUT2D eigenvalue weighted by Crippen LogP contribution is -2.38. The molecule has 0 bridgehead atoms. The van der Waals surface area contributed by atoms with Crippen LogP contribution in [0.15, 0.2) is 12.1 Å². The van der Waals surface area contributed by atoms with Crippen LogP contribution in [0.1, 0.15) is 42.5 Å². The molecule has 0 unspecified atom stereocenters. The fourth-order valence-electron chi connectivity index (χ4n) is 2.46. The van der Waals surface area contributed by atoms with Crippen molar-refractivity contribution in [2.75, 3.05) is 0 Å². The predicted molar refractivity (Wildman–Crippen MR) is 70.5 cm³/mol. The molecule has 0 atom stereocenters. The van der Waals surface area contributed by atoms with Gasteiger partial charge < -0.3 is 15.4 Å². The fraction of sp³-hybridized carbons (Fsp3) is 0.462. The van der Waals surface area contributed by atoms with E-state index in [1.165, 1.54) is 0 Å². The van der Waals surface area contributed by atoms with E-state index in [4.69, 9.17) is 10.0 Å². The van der Waals surface area contributed by atoms with Gasteiger partial charge in [-0.05, 0) is 30.4 Å². The Kier molecular flexibility index (Phi) is 4.72. The average molecular weight is 283 g/mol. The molecule has 1 saturated carbocycles. The molecular weight excluding hydrogens is 267 g/mol. The SMILES string of the molecule is O=C(NC1CCCCC1)c1c(F)cc(B(O)O)cc1F. The molecular formula is C13H16BF2NO3. The van der Waals surface area contributed by atoms with Crippen LogP contribution >= 0.6 is 0 Å². The van der Waals surface area contributed by atoms with E-state index in [0.29, 0.717) is 0 Å². The summed E-state index contributed by atoms with van der Waals surface area (Å²) < 4.78 is 27.5. The average Bonchev–Trinajstić information content (AvgIpc) is 2.38. The molecule has 0 radical (unpaired) electrons. The van der Waals surface area contributed by atoms with Crippen molar-refractivity contribution in [3.63, 3.8) is 0 Å². The summed E-state index contributed by atoms with van der Waals surface area (Å²) >= 11 is 0. The topological polar surface area (TPSA) is 69.6 Å². The standard InChI is InChI=1S/C13H16BF2NO3/c15-10-6-8(14(19)20)7-11(16)12(10)13(18)17-9-4-2-1-3-5-9/h6-7,9,19-20H,1-5H2,(H,17,18). The summed E-state index contributed by atoms with van der Waals surface area (Å²) in [4.78, 5) is 11.9. The van der Waals surface area contributed by atoms with Crippen LogP contribution in [0.3, 0.4) is 0 Å². The van der Waals surface area contributed by atoms with Crippen molar-refractivity contribution in [1.82, 2.24) is 5.32 Å². The Morgan fingerprint density at radius 1 is 1.15 bits per heavy atom. The van der Waals surface area contributed by atoms with Gasteiger partial charge in [0, 0.05) is 6.04 Å². The third kappa shape index (κ3) is 3.35. The van der Waals surface area contributed by atoms with Gasteiger partial charge in [-0.3, -0.25) is 4.79 Å². The van der Waals surface area contributed by atoms with Crippen LogP contribution in [-0.4, -0.2) is 29.1 Å². The first kappa shape index (κ1) is 14.9.